The van der Waals surface area contributed by atoms with Gasteiger partial charge in [-0.2, -0.15) is 4.98 Å². The van der Waals surface area contributed by atoms with Crippen LogP contribution in [0.3, 0.4) is 0 Å². The number of rotatable bonds is 8. The van der Waals surface area contributed by atoms with Crippen LogP contribution in [0, 0.1) is 0 Å². The van der Waals surface area contributed by atoms with Crippen LogP contribution in [0.2, 0.25) is 0 Å². The summed E-state index contributed by atoms with van der Waals surface area (Å²) in [5.74, 6) is 0.920. The highest BCUT2D eigenvalue weighted by atomic mass is 16.5. The van der Waals surface area contributed by atoms with Crippen LogP contribution in [-0.4, -0.2) is 33.4 Å². The topological polar surface area (TPSA) is 100 Å². The molecule has 136 valence electrons. The first kappa shape index (κ1) is 18.9. The molecular formula is C18H26N4O3. The van der Waals surface area contributed by atoms with Crippen LogP contribution in [0.1, 0.15) is 56.9 Å². The Morgan fingerprint density at radius 1 is 1.28 bits per heavy atom. The quantitative estimate of drug-likeness (QED) is 0.682. The van der Waals surface area contributed by atoms with Gasteiger partial charge < -0.3 is 20.3 Å². The summed E-state index contributed by atoms with van der Waals surface area (Å²) in [6.45, 7) is 5.76. The maximum absolute atomic E-state index is 12.0. The number of carbonyl (C=O) groups excluding carboxylic acids is 1. The second-order valence-corrected chi connectivity index (χ2v) is 6.19. The molecule has 0 bridgehead atoms. The highest BCUT2D eigenvalue weighted by Crippen LogP contribution is 2.14. The molecule has 0 fully saturated rings. The maximum atomic E-state index is 12.0. The van der Waals surface area contributed by atoms with Gasteiger partial charge in [0.2, 0.25) is 5.89 Å². The number of nitrogens with zero attached hydrogens (tertiary/aromatic N) is 2. The molecule has 0 saturated heterocycles. The summed E-state index contributed by atoms with van der Waals surface area (Å²) < 4.78 is 5.25. The van der Waals surface area contributed by atoms with E-state index in [0.717, 1.165) is 5.56 Å². The highest BCUT2D eigenvalue weighted by Gasteiger charge is 2.23. The summed E-state index contributed by atoms with van der Waals surface area (Å²) in [5.41, 5.74) is 0.199. The summed E-state index contributed by atoms with van der Waals surface area (Å²) in [6, 6.07) is 9.06. The predicted molar refractivity (Wildman–Crippen MR) is 94.0 cm³/mol. The number of carbonyl (C=O) groups is 1. The van der Waals surface area contributed by atoms with Gasteiger partial charge in [0.15, 0.2) is 5.82 Å². The smallest absolute Gasteiger partial charge is 0.315 e. The lowest BCUT2D eigenvalue weighted by atomic mass is 9.98. The van der Waals surface area contributed by atoms with Crippen molar-refractivity contribution in [2.24, 2.45) is 0 Å². The van der Waals surface area contributed by atoms with E-state index in [-0.39, 0.29) is 12.6 Å². The molecule has 0 spiro atoms. The van der Waals surface area contributed by atoms with E-state index >= 15 is 0 Å². The van der Waals surface area contributed by atoms with Gasteiger partial charge in [0.05, 0.1) is 18.1 Å². The molecule has 0 aliphatic rings. The summed E-state index contributed by atoms with van der Waals surface area (Å²) >= 11 is 0. The van der Waals surface area contributed by atoms with Gasteiger partial charge in [-0.25, -0.2) is 4.79 Å². The van der Waals surface area contributed by atoms with E-state index < -0.39 is 11.6 Å². The number of aromatic nitrogens is 2. The van der Waals surface area contributed by atoms with Crippen LogP contribution in [-0.2, 0) is 6.42 Å². The lowest BCUT2D eigenvalue weighted by molar-refractivity contribution is 0.0348. The minimum absolute atomic E-state index is 0.198. The number of hydrogen-bond donors (Lipinski definition) is 3. The SMILES string of the molecule is CCC(O)(CC)CNC(=O)NC(C)c1noc(Cc2ccccc2)n1. The van der Waals surface area contributed by atoms with Crippen molar-refractivity contribution in [3.63, 3.8) is 0 Å². The maximum Gasteiger partial charge on any atom is 0.315 e. The van der Waals surface area contributed by atoms with Crippen LogP contribution in [0.15, 0.2) is 34.9 Å². The molecule has 2 aromatic rings. The molecular weight excluding hydrogens is 320 g/mol. The van der Waals surface area contributed by atoms with E-state index in [1.54, 1.807) is 6.92 Å². The van der Waals surface area contributed by atoms with Crippen molar-refractivity contribution < 1.29 is 14.4 Å². The molecule has 7 nitrogen and oxygen atoms in total. The third-order valence-electron chi connectivity index (χ3n) is 4.31. The molecule has 1 unspecified atom stereocenters. The minimum atomic E-state index is -0.879. The van der Waals surface area contributed by atoms with E-state index in [1.165, 1.54) is 0 Å². The van der Waals surface area contributed by atoms with Crippen molar-refractivity contribution in [2.45, 2.75) is 51.7 Å². The third-order valence-corrected chi connectivity index (χ3v) is 4.31. The summed E-state index contributed by atoms with van der Waals surface area (Å²) in [7, 11) is 0. The van der Waals surface area contributed by atoms with Crippen molar-refractivity contribution in [3.8, 4) is 0 Å². The van der Waals surface area contributed by atoms with Crippen molar-refractivity contribution >= 4 is 6.03 Å². The molecule has 0 aliphatic heterocycles. The number of nitrogens with one attached hydrogen (secondary N) is 2. The van der Waals surface area contributed by atoms with Gasteiger partial charge in [-0.3, -0.25) is 0 Å². The van der Waals surface area contributed by atoms with Crippen molar-refractivity contribution in [1.82, 2.24) is 20.8 Å². The summed E-state index contributed by atoms with van der Waals surface area (Å²) in [6.07, 6.45) is 1.70. The Morgan fingerprint density at radius 3 is 2.60 bits per heavy atom. The zero-order valence-corrected chi connectivity index (χ0v) is 15.0. The average Bonchev–Trinajstić information content (AvgIpc) is 3.09. The lowest BCUT2D eigenvalue weighted by Gasteiger charge is -2.25. The van der Waals surface area contributed by atoms with Gasteiger partial charge in [-0.1, -0.05) is 49.3 Å². The Kier molecular flexibility index (Phi) is 6.52. The van der Waals surface area contributed by atoms with E-state index in [1.807, 2.05) is 44.2 Å². The number of aliphatic hydroxyl groups is 1. The Morgan fingerprint density at radius 2 is 1.96 bits per heavy atom. The molecule has 3 N–H and O–H groups in total. The Balaban J connectivity index is 1.86. The molecule has 7 heteroatoms. The molecule has 25 heavy (non-hydrogen) atoms. The Labute approximate surface area is 147 Å². The predicted octanol–water partition coefficient (Wildman–Crippen LogP) is 2.57. The van der Waals surface area contributed by atoms with Crippen LogP contribution in [0.4, 0.5) is 4.79 Å². The van der Waals surface area contributed by atoms with Gasteiger partial charge in [-0.05, 0) is 25.3 Å². The molecule has 0 aliphatic carbocycles. The normalized spacial score (nSPS) is 12.6. The number of hydrogen-bond acceptors (Lipinski definition) is 5. The zero-order valence-electron chi connectivity index (χ0n) is 15.0. The van der Waals surface area contributed by atoms with Gasteiger partial charge >= 0.3 is 6.03 Å². The average molecular weight is 346 g/mol. The Bertz CT molecular complexity index is 668. The molecule has 2 rings (SSSR count). The molecule has 1 aromatic carbocycles. The van der Waals surface area contributed by atoms with Gasteiger partial charge in [0.25, 0.3) is 0 Å². The van der Waals surface area contributed by atoms with E-state index in [2.05, 4.69) is 20.8 Å². The van der Waals surface area contributed by atoms with E-state index in [9.17, 15) is 9.90 Å². The lowest BCUT2D eigenvalue weighted by Crippen LogP contribution is -2.46. The summed E-state index contributed by atoms with van der Waals surface area (Å²) in [5, 5.41) is 19.6. The van der Waals surface area contributed by atoms with Gasteiger partial charge in [0, 0.05) is 6.54 Å². The fourth-order valence-corrected chi connectivity index (χ4v) is 2.34. The first-order valence-corrected chi connectivity index (χ1v) is 8.59. The van der Waals surface area contributed by atoms with Gasteiger partial charge in [-0.15, -0.1) is 0 Å². The molecule has 0 radical (unpaired) electrons. The molecule has 1 aromatic heterocycles. The zero-order chi connectivity index (χ0) is 18.3. The van der Waals surface area contributed by atoms with Crippen molar-refractivity contribution in [3.05, 3.63) is 47.6 Å². The minimum Gasteiger partial charge on any atom is -0.388 e. The summed E-state index contributed by atoms with van der Waals surface area (Å²) in [4.78, 5) is 16.3. The van der Waals surface area contributed by atoms with Crippen LogP contribution < -0.4 is 10.6 Å². The fourth-order valence-electron chi connectivity index (χ4n) is 2.34. The molecule has 2 amide bonds. The third kappa shape index (κ3) is 5.56. The van der Waals surface area contributed by atoms with E-state index in [0.29, 0.717) is 31.0 Å². The van der Waals surface area contributed by atoms with Crippen molar-refractivity contribution in [2.75, 3.05) is 6.54 Å². The van der Waals surface area contributed by atoms with Gasteiger partial charge in [0.1, 0.15) is 0 Å². The standard InChI is InChI=1S/C18H26N4O3/c1-4-18(24,5-2)12-19-17(23)20-13(3)16-21-15(25-22-16)11-14-9-7-6-8-10-14/h6-10,13,24H,4-5,11-12H2,1-3H3,(H2,19,20,23). The second-order valence-electron chi connectivity index (χ2n) is 6.19. The Hall–Kier alpha value is -2.41. The monoisotopic (exact) mass is 346 g/mol. The number of benzene rings is 1. The first-order valence-electron chi connectivity index (χ1n) is 8.59. The largest absolute Gasteiger partial charge is 0.388 e. The number of amides is 2. The van der Waals surface area contributed by atoms with Crippen molar-refractivity contribution in [1.29, 1.82) is 0 Å². The molecule has 0 saturated carbocycles. The molecule has 1 heterocycles. The van der Waals surface area contributed by atoms with Crippen LogP contribution in [0.25, 0.3) is 0 Å². The van der Waals surface area contributed by atoms with Crippen LogP contribution in [0.5, 0.6) is 0 Å². The molecule has 1 atom stereocenters. The number of urea groups is 1. The first-order chi connectivity index (χ1) is 12.0. The fraction of sp³-hybridized carbons (Fsp3) is 0.500. The highest BCUT2D eigenvalue weighted by molar-refractivity contribution is 5.74. The second kappa shape index (κ2) is 8.62. The van der Waals surface area contributed by atoms with Crippen LogP contribution >= 0.6 is 0 Å². The van der Waals surface area contributed by atoms with E-state index in [4.69, 9.17) is 4.52 Å².